The maximum atomic E-state index is 12.2. The normalized spacial score (nSPS) is 12.5. The highest BCUT2D eigenvalue weighted by molar-refractivity contribution is 5.97. The van der Waals surface area contributed by atoms with E-state index in [4.69, 9.17) is 5.84 Å². The van der Waals surface area contributed by atoms with Crippen LogP contribution >= 0.6 is 0 Å². The molecule has 0 aromatic heterocycles. The number of phenolic OH excluding ortho intramolecular Hbond substituents is 1. The Morgan fingerprint density at radius 3 is 2.28 bits per heavy atom. The molecule has 0 bridgehead atoms. The summed E-state index contributed by atoms with van der Waals surface area (Å²) in [5.74, 6) is 5.60. The minimum Gasteiger partial charge on any atom is -0.507 e. The fourth-order valence-electron chi connectivity index (χ4n) is 3.08. The first-order chi connectivity index (χ1) is 11.5. The van der Waals surface area contributed by atoms with E-state index < -0.39 is 5.91 Å². The van der Waals surface area contributed by atoms with Gasteiger partial charge in [-0.2, -0.15) is 0 Å². The van der Waals surface area contributed by atoms with E-state index in [1.165, 1.54) is 6.42 Å². The minimum absolute atomic E-state index is 0.0385. The Bertz CT molecular complexity index is 604. The van der Waals surface area contributed by atoms with Crippen LogP contribution in [0, 0.1) is 5.92 Å². The molecule has 0 aliphatic carbocycles. The summed E-state index contributed by atoms with van der Waals surface area (Å²) in [6.07, 6.45) is 4.22. The molecule has 1 aromatic carbocycles. The van der Waals surface area contributed by atoms with Gasteiger partial charge in [0.15, 0.2) is 0 Å². The fourth-order valence-corrected chi connectivity index (χ4v) is 3.08. The van der Waals surface area contributed by atoms with Gasteiger partial charge in [0.25, 0.3) is 5.91 Å². The van der Waals surface area contributed by atoms with E-state index in [0.29, 0.717) is 5.92 Å². The number of carbonyl (C=O) groups is 1. The molecule has 0 atom stereocenters. The van der Waals surface area contributed by atoms with Gasteiger partial charge < -0.3 is 5.11 Å². The van der Waals surface area contributed by atoms with E-state index in [0.717, 1.165) is 30.4 Å². The van der Waals surface area contributed by atoms with E-state index >= 15 is 0 Å². The Kier molecular flexibility index (Phi) is 7.07. The fraction of sp³-hybridized carbons (Fsp3) is 0.667. The zero-order valence-electron chi connectivity index (χ0n) is 17.0. The van der Waals surface area contributed by atoms with Crippen LogP contribution in [0.25, 0.3) is 0 Å². The molecule has 0 saturated carbocycles. The summed E-state index contributed by atoms with van der Waals surface area (Å²) in [5.41, 5.74) is 3.99. The predicted molar refractivity (Wildman–Crippen MR) is 105 cm³/mol. The number of nitrogen functional groups attached to an aromatic ring is 1. The first-order valence-electron chi connectivity index (χ1n) is 9.35. The molecule has 0 aliphatic heterocycles. The van der Waals surface area contributed by atoms with Gasteiger partial charge in [0.1, 0.15) is 5.75 Å². The zero-order chi connectivity index (χ0) is 19.4. The Balaban J connectivity index is 3.40. The molecule has 0 spiro atoms. The van der Waals surface area contributed by atoms with Gasteiger partial charge in [-0.15, -0.1) is 0 Å². The lowest BCUT2D eigenvalue weighted by atomic mass is 9.74. The average Bonchev–Trinajstić information content (AvgIpc) is 2.53. The standard InChI is InChI=1S/C21H36N2O2/c1-8-20(4,5)17-13-15(12-16(18(17)24)19(25)23-22)21(6,7)11-9-10-14(2)3/h12-14,24H,8-11,22H2,1-7H3,(H,23,25). The molecule has 4 N–H and O–H groups in total. The summed E-state index contributed by atoms with van der Waals surface area (Å²) < 4.78 is 0. The number of nitrogens with one attached hydrogen (secondary N) is 1. The Morgan fingerprint density at radius 1 is 1.20 bits per heavy atom. The monoisotopic (exact) mass is 348 g/mol. The summed E-state index contributed by atoms with van der Waals surface area (Å²) >= 11 is 0. The second-order valence-corrected chi connectivity index (χ2v) is 8.80. The molecule has 0 aliphatic rings. The number of benzene rings is 1. The third-order valence-corrected chi connectivity index (χ3v) is 5.46. The third-order valence-electron chi connectivity index (χ3n) is 5.46. The van der Waals surface area contributed by atoms with Gasteiger partial charge >= 0.3 is 0 Å². The molecule has 0 unspecified atom stereocenters. The summed E-state index contributed by atoms with van der Waals surface area (Å²) in [4.78, 5) is 12.2. The molecule has 0 heterocycles. The molecular weight excluding hydrogens is 312 g/mol. The largest absolute Gasteiger partial charge is 0.507 e. The second-order valence-electron chi connectivity index (χ2n) is 8.80. The van der Waals surface area contributed by atoms with E-state index in [1.54, 1.807) is 6.07 Å². The molecule has 4 nitrogen and oxygen atoms in total. The molecule has 4 heteroatoms. The first-order valence-corrected chi connectivity index (χ1v) is 9.35. The zero-order valence-corrected chi connectivity index (χ0v) is 17.0. The molecule has 1 rings (SSSR count). The van der Waals surface area contributed by atoms with Crippen molar-refractivity contribution in [2.45, 2.75) is 85.0 Å². The summed E-state index contributed by atoms with van der Waals surface area (Å²) in [7, 11) is 0. The SMILES string of the molecule is CCC(C)(C)c1cc(C(C)(C)CCCC(C)C)cc(C(=O)NN)c1O. The number of hydrogen-bond donors (Lipinski definition) is 3. The summed E-state index contributed by atoms with van der Waals surface area (Å²) in [6, 6.07) is 3.86. The van der Waals surface area contributed by atoms with Crippen molar-refractivity contribution in [1.82, 2.24) is 5.43 Å². The maximum Gasteiger partial charge on any atom is 0.268 e. The van der Waals surface area contributed by atoms with Crippen molar-refractivity contribution in [3.63, 3.8) is 0 Å². The number of phenols is 1. The number of hydrazine groups is 1. The van der Waals surface area contributed by atoms with Crippen LogP contribution in [0.4, 0.5) is 0 Å². The smallest absolute Gasteiger partial charge is 0.268 e. The van der Waals surface area contributed by atoms with Crippen molar-refractivity contribution in [3.8, 4) is 5.75 Å². The van der Waals surface area contributed by atoms with Crippen LogP contribution < -0.4 is 11.3 Å². The molecule has 0 saturated heterocycles. The number of carbonyl (C=O) groups excluding carboxylic acids is 1. The molecule has 1 amide bonds. The number of rotatable bonds is 8. The molecule has 0 radical (unpaired) electrons. The Morgan fingerprint density at radius 2 is 1.80 bits per heavy atom. The molecular formula is C21H36N2O2. The first kappa shape index (κ1) is 21.5. The van der Waals surface area contributed by atoms with Gasteiger partial charge in [0, 0.05) is 5.56 Å². The minimum atomic E-state index is -0.453. The highest BCUT2D eigenvalue weighted by Gasteiger charge is 2.30. The predicted octanol–water partition coefficient (Wildman–Crippen LogP) is 4.79. The lowest BCUT2D eigenvalue weighted by Gasteiger charge is -2.31. The van der Waals surface area contributed by atoms with Gasteiger partial charge in [-0.1, -0.05) is 67.4 Å². The quantitative estimate of drug-likeness (QED) is 0.359. The van der Waals surface area contributed by atoms with Crippen LogP contribution in [0.3, 0.4) is 0 Å². The highest BCUT2D eigenvalue weighted by atomic mass is 16.3. The van der Waals surface area contributed by atoms with Crippen LogP contribution in [-0.2, 0) is 10.8 Å². The van der Waals surface area contributed by atoms with Crippen LogP contribution in [0.1, 0.15) is 95.6 Å². The summed E-state index contributed by atoms with van der Waals surface area (Å²) in [6.45, 7) is 15.1. The van der Waals surface area contributed by atoms with Gasteiger partial charge in [0.2, 0.25) is 0 Å². The molecule has 1 aromatic rings. The Hall–Kier alpha value is -1.55. The topological polar surface area (TPSA) is 75.4 Å². The van der Waals surface area contributed by atoms with Crippen LogP contribution in [0.15, 0.2) is 12.1 Å². The number of hydrogen-bond acceptors (Lipinski definition) is 3. The van der Waals surface area contributed by atoms with Crippen molar-refractivity contribution in [1.29, 1.82) is 0 Å². The third kappa shape index (κ3) is 5.21. The van der Waals surface area contributed by atoms with Crippen LogP contribution in [0.2, 0.25) is 0 Å². The van der Waals surface area contributed by atoms with E-state index in [9.17, 15) is 9.90 Å². The van der Waals surface area contributed by atoms with Gasteiger partial charge in [0.05, 0.1) is 5.56 Å². The van der Waals surface area contributed by atoms with Gasteiger partial charge in [-0.05, 0) is 41.2 Å². The van der Waals surface area contributed by atoms with Crippen molar-refractivity contribution in [3.05, 3.63) is 28.8 Å². The van der Waals surface area contributed by atoms with Crippen LogP contribution in [0.5, 0.6) is 5.75 Å². The van der Waals surface area contributed by atoms with E-state index in [-0.39, 0.29) is 22.1 Å². The average molecular weight is 349 g/mol. The lowest BCUT2D eigenvalue weighted by molar-refractivity contribution is 0.0950. The second kappa shape index (κ2) is 8.22. The van der Waals surface area contributed by atoms with Crippen molar-refractivity contribution in [2.24, 2.45) is 11.8 Å². The van der Waals surface area contributed by atoms with E-state index in [2.05, 4.69) is 60.0 Å². The highest BCUT2D eigenvalue weighted by Crippen LogP contribution is 2.40. The van der Waals surface area contributed by atoms with Crippen molar-refractivity contribution < 1.29 is 9.90 Å². The Labute approximate surface area is 153 Å². The van der Waals surface area contributed by atoms with Gasteiger partial charge in [-0.25, -0.2) is 5.84 Å². The molecule has 142 valence electrons. The van der Waals surface area contributed by atoms with Crippen molar-refractivity contribution in [2.75, 3.05) is 0 Å². The molecule has 0 fully saturated rings. The lowest BCUT2D eigenvalue weighted by Crippen LogP contribution is -2.31. The molecule has 25 heavy (non-hydrogen) atoms. The van der Waals surface area contributed by atoms with Crippen LogP contribution in [-0.4, -0.2) is 11.0 Å². The number of nitrogens with two attached hydrogens (primary N) is 1. The summed E-state index contributed by atoms with van der Waals surface area (Å²) in [5, 5.41) is 10.7. The maximum absolute atomic E-state index is 12.2. The van der Waals surface area contributed by atoms with Gasteiger partial charge in [-0.3, -0.25) is 10.2 Å². The number of amides is 1. The number of aromatic hydroxyl groups is 1. The van der Waals surface area contributed by atoms with E-state index in [1.807, 2.05) is 0 Å². The van der Waals surface area contributed by atoms with Crippen molar-refractivity contribution >= 4 is 5.91 Å².